The van der Waals surface area contributed by atoms with Crippen molar-refractivity contribution in [2.75, 3.05) is 5.32 Å². The molecule has 2 N–H and O–H groups in total. The molecule has 0 fully saturated rings. The summed E-state index contributed by atoms with van der Waals surface area (Å²) in [6, 6.07) is 18.0. The molecule has 4 nitrogen and oxygen atoms in total. The highest BCUT2D eigenvalue weighted by atomic mass is 32.1. The van der Waals surface area contributed by atoms with Gasteiger partial charge in [-0.3, -0.25) is 10.1 Å². The van der Waals surface area contributed by atoms with Gasteiger partial charge in [-0.2, -0.15) is 0 Å². The number of nitrogens with zero attached hydrogens (tertiary/aromatic N) is 1. The molecule has 2 heterocycles. The number of aromatic nitrogens is 1. The standard InChI is InChI=1S/C22H17N3OS3/c1-14-4-10-18-19(13-14)29-21(24-18)15-5-7-16(8-6-15)23-22(27)25-20(26)11-9-17-3-2-12-28-17/h2-13H,1H3,(H2,23,25,26,27). The van der Waals surface area contributed by atoms with Crippen LogP contribution >= 0.6 is 34.9 Å². The SMILES string of the molecule is Cc1ccc2nc(-c3ccc(NC(=S)NC(=O)C=Cc4cccs4)cc3)sc2c1. The maximum atomic E-state index is 12.0. The van der Waals surface area contributed by atoms with Crippen molar-refractivity contribution < 1.29 is 4.79 Å². The lowest BCUT2D eigenvalue weighted by molar-refractivity contribution is -0.115. The first kappa shape index (κ1) is 19.4. The fraction of sp³-hybridized carbons (Fsp3) is 0.0455. The first-order valence-electron chi connectivity index (χ1n) is 8.88. The van der Waals surface area contributed by atoms with Crippen LogP contribution in [0, 0.1) is 6.92 Å². The van der Waals surface area contributed by atoms with Crippen molar-refractivity contribution in [3.05, 3.63) is 76.5 Å². The average molecular weight is 436 g/mol. The number of benzene rings is 2. The van der Waals surface area contributed by atoms with Crippen molar-refractivity contribution in [3.8, 4) is 10.6 Å². The fourth-order valence-electron chi connectivity index (χ4n) is 2.71. The van der Waals surface area contributed by atoms with Gasteiger partial charge in [0.1, 0.15) is 5.01 Å². The lowest BCUT2D eigenvalue weighted by Crippen LogP contribution is -2.32. The van der Waals surface area contributed by atoms with Crippen LogP contribution in [0.5, 0.6) is 0 Å². The van der Waals surface area contributed by atoms with Crippen LogP contribution in [0.25, 0.3) is 26.9 Å². The summed E-state index contributed by atoms with van der Waals surface area (Å²) in [4.78, 5) is 17.7. The summed E-state index contributed by atoms with van der Waals surface area (Å²) in [6.45, 7) is 2.08. The topological polar surface area (TPSA) is 54.0 Å². The predicted molar refractivity (Wildman–Crippen MR) is 128 cm³/mol. The molecule has 0 aliphatic rings. The van der Waals surface area contributed by atoms with E-state index in [0.29, 0.717) is 0 Å². The quantitative estimate of drug-likeness (QED) is 0.311. The highest BCUT2D eigenvalue weighted by Gasteiger charge is 2.07. The zero-order valence-corrected chi connectivity index (χ0v) is 18.0. The van der Waals surface area contributed by atoms with Gasteiger partial charge in [-0.25, -0.2) is 4.98 Å². The number of hydrogen-bond acceptors (Lipinski definition) is 5. The van der Waals surface area contributed by atoms with Crippen LogP contribution in [0.3, 0.4) is 0 Å². The Hall–Kier alpha value is -2.87. The Morgan fingerprint density at radius 1 is 1.14 bits per heavy atom. The molecular formula is C22H17N3OS3. The number of thiophene rings is 1. The minimum absolute atomic E-state index is 0.258. The summed E-state index contributed by atoms with van der Waals surface area (Å²) < 4.78 is 1.18. The third kappa shape index (κ3) is 4.95. The number of hydrogen-bond donors (Lipinski definition) is 2. The Morgan fingerprint density at radius 2 is 1.97 bits per heavy atom. The van der Waals surface area contributed by atoms with Crippen molar-refractivity contribution in [1.29, 1.82) is 0 Å². The Kier molecular flexibility index (Phi) is 5.80. The molecule has 2 aromatic carbocycles. The number of anilines is 1. The van der Waals surface area contributed by atoms with Gasteiger partial charge in [0, 0.05) is 22.2 Å². The second kappa shape index (κ2) is 8.65. The van der Waals surface area contributed by atoms with Gasteiger partial charge >= 0.3 is 0 Å². The highest BCUT2D eigenvalue weighted by Crippen LogP contribution is 2.31. The number of rotatable bonds is 4. The van der Waals surface area contributed by atoms with Gasteiger partial charge in [-0.1, -0.05) is 12.1 Å². The molecule has 0 unspecified atom stereocenters. The largest absolute Gasteiger partial charge is 0.332 e. The van der Waals surface area contributed by atoms with E-state index in [-0.39, 0.29) is 11.0 Å². The molecule has 0 aliphatic heterocycles. The molecule has 29 heavy (non-hydrogen) atoms. The number of fused-ring (bicyclic) bond motifs is 1. The van der Waals surface area contributed by atoms with Crippen LogP contribution in [0.1, 0.15) is 10.4 Å². The summed E-state index contributed by atoms with van der Waals surface area (Å²) in [6.07, 6.45) is 3.23. The molecule has 0 bridgehead atoms. The lowest BCUT2D eigenvalue weighted by Gasteiger charge is -2.08. The van der Waals surface area contributed by atoms with E-state index in [9.17, 15) is 4.79 Å². The minimum atomic E-state index is -0.266. The van der Waals surface area contributed by atoms with Crippen LogP contribution < -0.4 is 10.6 Å². The molecule has 1 amide bonds. The molecule has 144 valence electrons. The molecule has 2 aromatic heterocycles. The fourth-order valence-corrected chi connectivity index (χ4v) is 4.62. The van der Waals surface area contributed by atoms with Gasteiger partial charge in [0.05, 0.1) is 10.2 Å². The minimum Gasteiger partial charge on any atom is -0.332 e. The molecule has 7 heteroatoms. The lowest BCUT2D eigenvalue weighted by atomic mass is 10.2. The molecule has 0 radical (unpaired) electrons. The summed E-state index contributed by atoms with van der Waals surface area (Å²) in [5.41, 5.74) is 4.09. The van der Waals surface area contributed by atoms with Crippen LogP contribution in [-0.2, 0) is 4.79 Å². The van der Waals surface area contributed by atoms with E-state index in [1.165, 1.54) is 16.3 Å². The Bertz CT molecular complexity index is 1190. The second-order valence-electron chi connectivity index (χ2n) is 6.36. The summed E-state index contributed by atoms with van der Waals surface area (Å²) in [7, 11) is 0. The van der Waals surface area contributed by atoms with Crippen LogP contribution in [0.15, 0.2) is 66.1 Å². The molecule has 4 aromatic rings. The van der Waals surface area contributed by atoms with Crippen molar-refractivity contribution in [2.45, 2.75) is 6.92 Å². The first-order chi connectivity index (χ1) is 14.1. The molecule has 0 spiro atoms. The van der Waals surface area contributed by atoms with Crippen LogP contribution in [0.4, 0.5) is 5.69 Å². The van der Waals surface area contributed by atoms with E-state index in [0.717, 1.165) is 26.7 Å². The zero-order chi connectivity index (χ0) is 20.2. The summed E-state index contributed by atoms with van der Waals surface area (Å²) in [5.74, 6) is -0.266. The van der Waals surface area contributed by atoms with Gasteiger partial charge in [0.15, 0.2) is 5.11 Å². The van der Waals surface area contributed by atoms with Gasteiger partial charge in [-0.05, 0) is 78.6 Å². The number of carbonyl (C=O) groups excluding carboxylic acids is 1. The van der Waals surface area contributed by atoms with E-state index in [1.54, 1.807) is 28.7 Å². The van der Waals surface area contributed by atoms with Crippen molar-refractivity contribution in [3.63, 3.8) is 0 Å². The van der Waals surface area contributed by atoms with Crippen LogP contribution in [-0.4, -0.2) is 16.0 Å². The first-order valence-corrected chi connectivity index (χ1v) is 11.0. The Labute approximate surface area is 181 Å². The smallest absolute Gasteiger partial charge is 0.250 e. The number of amides is 1. The van der Waals surface area contributed by atoms with Gasteiger partial charge < -0.3 is 5.32 Å². The van der Waals surface area contributed by atoms with Crippen LogP contribution in [0.2, 0.25) is 0 Å². The van der Waals surface area contributed by atoms with Gasteiger partial charge in [-0.15, -0.1) is 22.7 Å². The number of aryl methyl sites for hydroxylation is 1. The molecule has 0 saturated heterocycles. The summed E-state index contributed by atoms with van der Waals surface area (Å²) >= 11 is 8.47. The molecule has 0 atom stereocenters. The number of nitrogens with one attached hydrogen (secondary N) is 2. The molecule has 4 rings (SSSR count). The third-order valence-electron chi connectivity index (χ3n) is 4.11. The van der Waals surface area contributed by atoms with E-state index in [2.05, 4.69) is 35.8 Å². The molecular weight excluding hydrogens is 418 g/mol. The molecule has 0 aliphatic carbocycles. The van der Waals surface area contributed by atoms with Crippen molar-refractivity contribution in [2.24, 2.45) is 0 Å². The van der Waals surface area contributed by atoms with Gasteiger partial charge in [0.2, 0.25) is 5.91 Å². The van der Waals surface area contributed by atoms with Crippen molar-refractivity contribution in [1.82, 2.24) is 10.3 Å². The zero-order valence-electron chi connectivity index (χ0n) is 15.5. The van der Waals surface area contributed by atoms with Gasteiger partial charge in [0.25, 0.3) is 0 Å². The monoisotopic (exact) mass is 435 g/mol. The van der Waals surface area contributed by atoms with E-state index < -0.39 is 0 Å². The van der Waals surface area contributed by atoms with E-state index in [1.807, 2.05) is 41.8 Å². The van der Waals surface area contributed by atoms with E-state index >= 15 is 0 Å². The van der Waals surface area contributed by atoms with E-state index in [4.69, 9.17) is 17.2 Å². The number of carbonyl (C=O) groups is 1. The average Bonchev–Trinajstić information content (AvgIpc) is 3.36. The maximum absolute atomic E-state index is 12.0. The maximum Gasteiger partial charge on any atom is 0.250 e. The second-order valence-corrected chi connectivity index (χ2v) is 8.78. The number of thiazole rings is 1. The Morgan fingerprint density at radius 3 is 2.72 bits per heavy atom. The highest BCUT2D eigenvalue weighted by molar-refractivity contribution is 7.80. The number of thiocarbonyl (C=S) groups is 1. The third-order valence-corrected chi connectivity index (χ3v) is 6.22. The normalized spacial score (nSPS) is 11.1. The predicted octanol–water partition coefficient (Wildman–Crippen LogP) is 5.86. The summed E-state index contributed by atoms with van der Waals surface area (Å²) in [5, 5.41) is 8.88. The molecule has 0 saturated carbocycles. The van der Waals surface area contributed by atoms with Crippen molar-refractivity contribution >= 4 is 67.9 Å². The Balaban J connectivity index is 1.38.